The molecule has 1 unspecified atom stereocenters. The Kier molecular flexibility index (Phi) is 3.16. The number of rotatable bonds is 3. The Morgan fingerprint density at radius 3 is 2.87 bits per heavy atom. The molecule has 7 heteroatoms. The first kappa shape index (κ1) is 14.0. The van der Waals surface area contributed by atoms with Gasteiger partial charge in [-0.25, -0.2) is 4.98 Å². The standard InChI is InChI=1S/C16H11N3O3S/c20-15-11-4-2-1-3-9(11)7-14(15)23-16-17-12-6-5-10(19(21)22)8-13(12)18-16/h1-6,8,14H,7H2,(H,17,18). The van der Waals surface area contributed by atoms with E-state index in [9.17, 15) is 14.9 Å². The van der Waals surface area contributed by atoms with Crippen molar-refractivity contribution in [3.8, 4) is 0 Å². The number of ketones is 1. The van der Waals surface area contributed by atoms with Crippen LogP contribution in [0, 0.1) is 10.1 Å². The van der Waals surface area contributed by atoms with E-state index in [-0.39, 0.29) is 16.7 Å². The molecule has 0 amide bonds. The number of nitro benzene ring substituents is 1. The van der Waals surface area contributed by atoms with Gasteiger partial charge < -0.3 is 4.98 Å². The number of aromatic nitrogens is 2. The lowest BCUT2D eigenvalue weighted by Crippen LogP contribution is -2.11. The van der Waals surface area contributed by atoms with Crippen molar-refractivity contribution in [2.75, 3.05) is 0 Å². The molecule has 6 nitrogen and oxygen atoms in total. The summed E-state index contributed by atoms with van der Waals surface area (Å²) in [6, 6.07) is 12.1. The molecule has 2 aromatic carbocycles. The maximum absolute atomic E-state index is 12.4. The molecule has 23 heavy (non-hydrogen) atoms. The third-order valence-corrected chi connectivity index (χ3v) is 4.97. The van der Waals surface area contributed by atoms with Gasteiger partial charge in [-0.1, -0.05) is 36.0 Å². The van der Waals surface area contributed by atoms with Gasteiger partial charge in [-0.3, -0.25) is 14.9 Å². The summed E-state index contributed by atoms with van der Waals surface area (Å²) < 4.78 is 0. The van der Waals surface area contributed by atoms with Crippen LogP contribution in [0.4, 0.5) is 5.69 Å². The van der Waals surface area contributed by atoms with Gasteiger partial charge >= 0.3 is 0 Å². The lowest BCUT2D eigenvalue weighted by molar-refractivity contribution is -0.384. The van der Waals surface area contributed by atoms with Crippen molar-refractivity contribution < 1.29 is 9.72 Å². The van der Waals surface area contributed by atoms with Crippen LogP contribution in [0.5, 0.6) is 0 Å². The Bertz CT molecular complexity index is 951. The Hall–Kier alpha value is -2.67. The highest BCUT2D eigenvalue weighted by Gasteiger charge is 2.31. The fraction of sp³-hybridized carbons (Fsp3) is 0.125. The van der Waals surface area contributed by atoms with Gasteiger partial charge in [0.25, 0.3) is 5.69 Å². The van der Waals surface area contributed by atoms with Gasteiger partial charge in [0.1, 0.15) is 0 Å². The number of nitro groups is 1. The smallest absolute Gasteiger partial charge is 0.271 e. The molecule has 0 fully saturated rings. The van der Waals surface area contributed by atoms with Gasteiger partial charge in [0.05, 0.1) is 21.2 Å². The summed E-state index contributed by atoms with van der Waals surface area (Å²) >= 11 is 1.37. The zero-order chi connectivity index (χ0) is 16.0. The van der Waals surface area contributed by atoms with E-state index < -0.39 is 4.92 Å². The zero-order valence-electron chi connectivity index (χ0n) is 11.9. The first-order valence-electron chi connectivity index (χ1n) is 7.05. The largest absolute Gasteiger partial charge is 0.333 e. The second-order valence-corrected chi connectivity index (χ2v) is 6.52. The number of carbonyl (C=O) groups excluding carboxylic acids is 1. The van der Waals surface area contributed by atoms with Crippen molar-refractivity contribution in [2.45, 2.75) is 16.8 Å². The van der Waals surface area contributed by atoms with Crippen LogP contribution in [-0.2, 0) is 6.42 Å². The molecule has 1 aromatic heterocycles. The maximum atomic E-state index is 12.4. The number of H-pyrrole nitrogens is 1. The van der Waals surface area contributed by atoms with E-state index in [0.29, 0.717) is 22.6 Å². The molecular weight excluding hydrogens is 314 g/mol. The molecule has 0 aliphatic heterocycles. The summed E-state index contributed by atoms with van der Waals surface area (Å²) in [7, 11) is 0. The predicted molar refractivity (Wildman–Crippen MR) is 86.9 cm³/mol. The van der Waals surface area contributed by atoms with Crippen LogP contribution in [0.25, 0.3) is 11.0 Å². The van der Waals surface area contributed by atoms with E-state index in [1.54, 1.807) is 6.07 Å². The number of thioether (sulfide) groups is 1. The number of nitrogens with one attached hydrogen (secondary N) is 1. The molecule has 0 spiro atoms. The average Bonchev–Trinajstić information content (AvgIpc) is 3.08. The normalized spacial score (nSPS) is 16.7. The summed E-state index contributed by atoms with van der Waals surface area (Å²) in [5.41, 5.74) is 3.10. The highest BCUT2D eigenvalue weighted by atomic mass is 32.2. The molecule has 0 saturated heterocycles. The molecule has 1 heterocycles. The highest BCUT2D eigenvalue weighted by Crippen LogP contribution is 2.34. The fourth-order valence-electron chi connectivity index (χ4n) is 2.78. The van der Waals surface area contributed by atoms with E-state index in [0.717, 1.165) is 11.1 Å². The number of non-ortho nitro benzene ring substituents is 1. The van der Waals surface area contributed by atoms with Crippen molar-refractivity contribution in [1.29, 1.82) is 0 Å². The van der Waals surface area contributed by atoms with Crippen LogP contribution in [0.1, 0.15) is 15.9 Å². The second-order valence-electron chi connectivity index (χ2n) is 5.33. The molecule has 1 atom stereocenters. The molecule has 1 aliphatic carbocycles. The van der Waals surface area contributed by atoms with E-state index in [1.165, 1.54) is 23.9 Å². The van der Waals surface area contributed by atoms with Crippen molar-refractivity contribution in [2.24, 2.45) is 0 Å². The Morgan fingerprint density at radius 1 is 1.26 bits per heavy atom. The molecule has 0 radical (unpaired) electrons. The maximum Gasteiger partial charge on any atom is 0.271 e. The number of aromatic amines is 1. The number of hydrogen-bond donors (Lipinski definition) is 1. The van der Waals surface area contributed by atoms with Crippen LogP contribution < -0.4 is 0 Å². The molecule has 1 N–H and O–H groups in total. The van der Waals surface area contributed by atoms with Gasteiger partial charge in [0.15, 0.2) is 10.9 Å². The third-order valence-electron chi connectivity index (χ3n) is 3.89. The zero-order valence-corrected chi connectivity index (χ0v) is 12.7. The number of fused-ring (bicyclic) bond motifs is 2. The highest BCUT2D eigenvalue weighted by molar-refractivity contribution is 8.00. The predicted octanol–water partition coefficient (Wildman–Crippen LogP) is 3.37. The molecule has 3 aromatic rings. The summed E-state index contributed by atoms with van der Waals surface area (Å²) in [5, 5.41) is 11.2. The molecule has 0 bridgehead atoms. The molecule has 4 rings (SSSR count). The minimum atomic E-state index is -0.440. The number of nitrogens with zero attached hydrogens (tertiary/aromatic N) is 2. The van der Waals surface area contributed by atoms with Gasteiger partial charge in [-0.2, -0.15) is 0 Å². The fourth-order valence-corrected chi connectivity index (χ4v) is 3.86. The summed E-state index contributed by atoms with van der Waals surface area (Å²) in [4.78, 5) is 30.3. The van der Waals surface area contributed by atoms with Gasteiger partial charge in [0, 0.05) is 17.7 Å². The SMILES string of the molecule is O=C1c2ccccc2CC1Sc1nc2ccc([N+](=O)[O-])cc2[nH]1. The number of benzene rings is 2. The van der Waals surface area contributed by atoms with Crippen LogP contribution in [-0.4, -0.2) is 25.9 Å². The van der Waals surface area contributed by atoms with Gasteiger partial charge in [0.2, 0.25) is 0 Å². The quantitative estimate of drug-likeness (QED) is 0.589. The monoisotopic (exact) mass is 325 g/mol. The number of carbonyl (C=O) groups is 1. The van der Waals surface area contributed by atoms with Crippen molar-refractivity contribution in [3.63, 3.8) is 0 Å². The number of hydrogen-bond acceptors (Lipinski definition) is 5. The summed E-state index contributed by atoms with van der Waals surface area (Å²) in [5.74, 6) is 0.108. The van der Waals surface area contributed by atoms with Gasteiger partial charge in [-0.05, 0) is 18.1 Å². The van der Waals surface area contributed by atoms with Crippen LogP contribution >= 0.6 is 11.8 Å². The van der Waals surface area contributed by atoms with Crippen molar-refractivity contribution in [3.05, 3.63) is 63.7 Å². The van der Waals surface area contributed by atoms with Crippen LogP contribution in [0.3, 0.4) is 0 Å². The van der Waals surface area contributed by atoms with Crippen molar-refractivity contribution >= 4 is 34.3 Å². The van der Waals surface area contributed by atoms with Crippen LogP contribution in [0.15, 0.2) is 47.6 Å². The number of imidazole rings is 1. The van der Waals surface area contributed by atoms with E-state index >= 15 is 0 Å². The topological polar surface area (TPSA) is 88.9 Å². The van der Waals surface area contributed by atoms with Crippen LogP contribution in [0.2, 0.25) is 0 Å². The third kappa shape index (κ3) is 2.39. The van der Waals surface area contributed by atoms with Gasteiger partial charge in [-0.15, -0.1) is 0 Å². The molecule has 1 aliphatic rings. The number of Topliss-reactive ketones (excluding diaryl/α,β-unsaturated/α-hetero) is 1. The lowest BCUT2D eigenvalue weighted by atomic mass is 10.1. The second kappa shape index (κ2) is 5.20. The van der Waals surface area contributed by atoms with E-state index in [4.69, 9.17) is 0 Å². The first-order valence-corrected chi connectivity index (χ1v) is 7.93. The minimum Gasteiger partial charge on any atom is -0.333 e. The average molecular weight is 325 g/mol. The van der Waals surface area contributed by atoms with E-state index in [2.05, 4.69) is 9.97 Å². The van der Waals surface area contributed by atoms with E-state index in [1.807, 2.05) is 24.3 Å². The Morgan fingerprint density at radius 2 is 2.09 bits per heavy atom. The summed E-state index contributed by atoms with van der Waals surface area (Å²) in [6.45, 7) is 0. The van der Waals surface area contributed by atoms with Crippen molar-refractivity contribution in [1.82, 2.24) is 9.97 Å². The Labute approximate surface area is 135 Å². The molecule has 0 saturated carbocycles. The Balaban J connectivity index is 1.62. The lowest BCUT2D eigenvalue weighted by Gasteiger charge is -2.03. The minimum absolute atomic E-state index is 0.0158. The summed E-state index contributed by atoms with van der Waals surface area (Å²) in [6.07, 6.45) is 0.677. The first-order chi connectivity index (χ1) is 11.1. The molecule has 114 valence electrons. The molecular formula is C16H11N3O3S.